The fraction of sp³-hybridized carbons (Fsp3) is 0.714. The summed E-state index contributed by atoms with van der Waals surface area (Å²) in [6, 6.07) is 0. The average Bonchev–Trinajstić information content (AvgIpc) is 2.73. The first-order valence-electron chi connectivity index (χ1n) is 6.72. The summed E-state index contributed by atoms with van der Waals surface area (Å²) in [5.41, 5.74) is 4.72. The first kappa shape index (κ1) is 11.7. The van der Waals surface area contributed by atoms with E-state index in [0.717, 1.165) is 13.1 Å². The number of aromatic amines is 1. The minimum atomic E-state index is 0.692. The Kier molecular flexibility index (Phi) is 4.05. The van der Waals surface area contributed by atoms with Crippen LogP contribution in [0.1, 0.15) is 55.8 Å². The van der Waals surface area contributed by atoms with E-state index < -0.39 is 0 Å². The van der Waals surface area contributed by atoms with Crippen molar-refractivity contribution in [3.05, 3.63) is 23.0 Å². The normalized spacial score (nSPS) is 17.1. The molecule has 0 aliphatic heterocycles. The maximum atomic E-state index is 3.48. The first-order valence-corrected chi connectivity index (χ1v) is 6.72. The number of rotatable bonds is 5. The Morgan fingerprint density at radius 3 is 3.00 bits per heavy atom. The van der Waals surface area contributed by atoms with Crippen LogP contribution in [-0.4, -0.2) is 18.1 Å². The molecule has 2 nitrogen and oxygen atoms in total. The summed E-state index contributed by atoms with van der Waals surface area (Å²) in [4.78, 5) is 3.48. The molecule has 0 spiro atoms. The van der Waals surface area contributed by atoms with Crippen LogP contribution in [0.2, 0.25) is 0 Å². The number of fused-ring (bicyclic) bond motifs is 1. The van der Waals surface area contributed by atoms with Gasteiger partial charge in [-0.15, -0.1) is 0 Å². The van der Waals surface area contributed by atoms with Gasteiger partial charge in [0.2, 0.25) is 0 Å². The van der Waals surface area contributed by atoms with Gasteiger partial charge in [0.25, 0.3) is 0 Å². The molecule has 2 N–H and O–H groups in total. The quantitative estimate of drug-likeness (QED) is 0.734. The molecule has 1 aliphatic rings. The number of H-pyrrole nitrogens is 1. The van der Waals surface area contributed by atoms with Crippen LogP contribution in [0.5, 0.6) is 0 Å². The molecule has 0 bridgehead atoms. The van der Waals surface area contributed by atoms with Crippen LogP contribution in [0.25, 0.3) is 0 Å². The molecule has 1 aliphatic carbocycles. The number of hydrogen-bond acceptors (Lipinski definition) is 1. The van der Waals surface area contributed by atoms with Crippen molar-refractivity contribution < 1.29 is 0 Å². The molecule has 1 aromatic rings. The van der Waals surface area contributed by atoms with Crippen LogP contribution in [0.15, 0.2) is 6.20 Å². The Hall–Kier alpha value is -0.760. The smallest absolute Gasteiger partial charge is 0.0182 e. The predicted molar refractivity (Wildman–Crippen MR) is 69.0 cm³/mol. The van der Waals surface area contributed by atoms with Gasteiger partial charge in [0.15, 0.2) is 0 Å². The zero-order valence-corrected chi connectivity index (χ0v) is 10.6. The van der Waals surface area contributed by atoms with Crippen LogP contribution in [-0.2, 0) is 12.8 Å². The van der Waals surface area contributed by atoms with Crippen molar-refractivity contribution in [1.29, 1.82) is 0 Å². The summed E-state index contributed by atoms with van der Waals surface area (Å²) in [5.74, 6) is 0.692. The Bertz CT molecular complexity index is 327. The number of nitrogens with one attached hydrogen (secondary N) is 2. The van der Waals surface area contributed by atoms with Gasteiger partial charge in [-0.05, 0) is 62.2 Å². The van der Waals surface area contributed by atoms with Gasteiger partial charge in [0.05, 0.1) is 0 Å². The van der Waals surface area contributed by atoms with Crippen molar-refractivity contribution in [2.75, 3.05) is 13.1 Å². The second kappa shape index (κ2) is 5.53. The van der Waals surface area contributed by atoms with Gasteiger partial charge < -0.3 is 10.3 Å². The Labute approximate surface area is 98.8 Å². The molecule has 0 radical (unpaired) electrons. The lowest BCUT2D eigenvalue weighted by atomic mass is 9.89. The molecule has 1 heterocycles. The summed E-state index contributed by atoms with van der Waals surface area (Å²) in [5, 5.41) is 3.41. The van der Waals surface area contributed by atoms with Crippen molar-refractivity contribution >= 4 is 0 Å². The van der Waals surface area contributed by atoms with Crippen molar-refractivity contribution in [3.8, 4) is 0 Å². The largest absolute Gasteiger partial charge is 0.364 e. The van der Waals surface area contributed by atoms with Gasteiger partial charge in [-0.2, -0.15) is 0 Å². The molecule has 2 rings (SSSR count). The first-order chi connectivity index (χ1) is 7.83. The molecule has 1 unspecified atom stereocenters. The highest BCUT2D eigenvalue weighted by atomic mass is 14.8. The van der Waals surface area contributed by atoms with Crippen LogP contribution in [0, 0.1) is 0 Å². The van der Waals surface area contributed by atoms with Crippen LogP contribution < -0.4 is 5.32 Å². The highest BCUT2D eigenvalue weighted by Gasteiger charge is 2.18. The maximum Gasteiger partial charge on any atom is 0.0182 e. The van der Waals surface area contributed by atoms with E-state index in [1.807, 2.05) is 0 Å². The van der Waals surface area contributed by atoms with E-state index in [2.05, 4.69) is 30.3 Å². The summed E-state index contributed by atoms with van der Waals surface area (Å²) in [6.07, 6.45) is 8.79. The van der Waals surface area contributed by atoms with E-state index in [4.69, 9.17) is 0 Å². The van der Waals surface area contributed by atoms with E-state index in [9.17, 15) is 0 Å². The summed E-state index contributed by atoms with van der Waals surface area (Å²) >= 11 is 0. The van der Waals surface area contributed by atoms with E-state index in [1.165, 1.54) is 37.8 Å². The van der Waals surface area contributed by atoms with Crippen molar-refractivity contribution in [1.82, 2.24) is 10.3 Å². The van der Waals surface area contributed by atoms with E-state index in [0.29, 0.717) is 5.92 Å². The minimum absolute atomic E-state index is 0.692. The second-order valence-corrected chi connectivity index (χ2v) is 4.95. The second-order valence-electron chi connectivity index (χ2n) is 4.95. The monoisotopic (exact) mass is 220 g/mol. The molecular formula is C14H24N2. The molecular weight excluding hydrogens is 196 g/mol. The molecule has 0 amide bonds. The molecule has 1 aromatic heterocycles. The third-order valence-corrected chi connectivity index (χ3v) is 3.75. The van der Waals surface area contributed by atoms with Gasteiger partial charge in [-0.3, -0.25) is 0 Å². The zero-order chi connectivity index (χ0) is 11.4. The average molecular weight is 220 g/mol. The Balaban J connectivity index is 1.99. The SMILES string of the molecule is CCNCCC(C)c1c[nH]c2c1CCCC2. The molecule has 90 valence electrons. The minimum Gasteiger partial charge on any atom is -0.364 e. The van der Waals surface area contributed by atoms with E-state index >= 15 is 0 Å². The summed E-state index contributed by atoms with van der Waals surface area (Å²) < 4.78 is 0. The fourth-order valence-corrected chi connectivity index (χ4v) is 2.73. The molecule has 16 heavy (non-hydrogen) atoms. The van der Waals surface area contributed by atoms with Gasteiger partial charge in [-0.1, -0.05) is 13.8 Å². The molecule has 0 saturated heterocycles. The zero-order valence-electron chi connectivity index (χ0n) is 10.6. The Morgan fingerprint density at radius 1 is 1.38 bits per heavy atom. The third-order valence-electron chi connectivity index (χ3n) is 3.75. The van der Waals surface area contributed by atoms with Crippen molar-refractivity contribution in [3.63, 3.8) is 0 Å². The fourth-order valence-electron chi connectivity index (χ4n) is 2.73. The van der Waals surface area contributed by atoms with Crippen LogP contribution in [0.4, 0.5) is 0 Å². The summed E-state index contributed by atoms with van der Waals surface area (Å²) in [7, 11) is 0. The highest BCUT2D eigenvalue weighted by molar-refractivity contribution is 5.35. The molecule has 1 atom stereocenters. The lowest BCUT2D eigenvalue weighted by molar-refractivity contribution is 0.599. The number of aryl methyl sites for hydroxylation is 1. The standard InChI is InChI=1S/C14H24N2/c1-3-15-9-8-11(2)13-10-16-14-7-5-4-6-12(13)14/h10-11,15-16H,3-9H2,1-2H3. The predicted octanol–water partition coefficient (Wildman–Crippen LogP) is 3.00. The number of aromatic nitrogens is 1. The lowest BCUT2D eigenvalue weighted by Gasteiger charge is -2.16. The Morgan fingerprint density at radius 2 is 2.19 bits per heavy atom. The van der Waals surface area contributed by atoms with Crippen molar-refractivity contribution in [2.24, 2.45) is 0 Å². The molecule has 0 saturated carbocycles. The van der Waals surface area contributed by atoms with E-state index in [-0.39, 0.29) is 0 Å². The van der Waals surface area contributed by atoms with Gasteiger partial charge >= 0.3 is 0 Å². The topological polar surface area (TPSA) is 27.8 Å². The van der Waals surface area contributed by atoms with Gasteiger partial charge in [0, 0.05) is 11.9 Å². The molecule has 0 fully saturated rings. The molecule has 2 heteroatoms. The van der Waals surface area contributed by atoms with Gasteiger partial charge in [0.1, 0.15) is 0 Å². The van der Waals surface area contributed by atoms with Crippen LogP contribution in [0.3, 0.4) is 0 Å². The maximum absolute atomic E-state index is 3.48. The molecule has 0 aromatic carbocycles. The lowest BCUT2D eigenvalue weighted by Crippen LogP contribution is -2.16. The van der Waals surface area contributed by atoms with Gasteiger partial charge in [-0.25, -0.2) is 0 Å². The van der Waals surface area contributed by atoms with E-state index in [1.54, 1.807) is 11.1 Å². The summed E-state index contributed by atoms with van der Waals surface area (Å²) in [6.45, 7) is 6.74. The highest BCUT2D eigenvalue weighted by Crippen LogP contribution is 2.30. The third kappa shape index (κ3) is 2.49. The number of hydrogen-bond donors (Lipinski definition) is 2. The van der Waals surface area contributed by atoms with Crippen LogP contribution >= 0.6 is 0 Å². The van der Waals surface area contributed by atoms with Crippen molar-refractivity contribution in [2.45, 2.75) is 51.9 Å².